The highest BCUT2D eigenvalue weighted by atomic mass is 35.5. The summed E-state index contributed by atoms with van der Waals surface area (Å²) >= 11 is 6.04. The standard InChI is InChI=1S/C13H16ClN3/c1-3-15-13(12-7-8-16-17(12)2)10-5-4-6-11(14)9-10/h4-9,13,15H,3H2,1-2H3. The number of halogens is 1. The van der Waals surface area contributed by atoms with Crippen LogP contribution in [0, 0.1) is 0 Å². The van der Waals surface area contributed by atoms with Gasteiger partial charge >= 0.3 is 0 Å². The van der Waals surface area contributed by atoms with E-state index in [1.807, 2.05) is 42.2 Å². The molecule has 0 spiro atoms. The van der Waals surface area contributed by atoms with Crippen LogP contribution in [0.15, 0.2) is 36.5 Å². The number of nitrogens with one attached hydrogen (secondary N) is 1. The molecule has 1 heterocycles. The van der Waals surface area contributed by atoms with Gasteiger partial charge in [-0.25, -0.2) is 0 Å². The third-order valence-corrected chi connectivity index (χ3v) is 2.98. The molecule has 17 heavy (non-hydrogen) atoms. The van der Waals surface area contributed by atoms with Gasteiger partial charge in [0, 0.05) is 18.3 Å². The zero-order valence-corrected chi connectivity index (χ0v) is 10.8. The molecule has 1 aromatic heterocycles. The summed E-state index contributed by atoms with van der Waals surface area (Å²) in [5, 5.41) is 8.42. The summed E-state index contributed by atoms with van der Waals surface area (Å²) in [6.45, 7) is 2.98. The number of benzene rings is 1. The van der Waals surface area contributed by atoms with Gasteiger partial charge in [0.05, 0.1) is 11.7 Å². The van der Waals surface area contributed by atoms with Gasteiger partial charge in [0.15, 0.2) is 0 Å². The smallest absolute Gasteiger partial charge is 0.0748 e. The predicted molar refractivity (Wildman–Crippen MR) is 70.2 cm³/mol. The highest BCUT2D eigenvalue weighted by molar-refractivity contribution is 6.30. The first-order valence-electron chi connectivity index (χ1n) is 5.69. The first kappa shape index (κ1) is 12.1. The van der Waals surface area contributed by atoms with Gasteiger partial charge in [-0.05, 0) is 30.3 Å². The van der Waals surface area contributed by atoms with Gasteiger partial charge in [0.25, 0.3) is 0 Å². The molecule has 0 aliphatic heterocycles. The van der Waals surface area contributed by atoms with Crippen LogP contribution in [0.25, 0.3) is 0 Å². The second-order valence-electron chi connectivity index (χ2n) is 3.93. The second-order valence-corrected chi connectivity index (χ2v) is 4.36. The average molecular weight is 250 g/mol. The Morgan fingerprint density at radius 2 is 2.24 bits per heavy atom. The SMILES string of the molecule is CCNC(c1cccc(Cl)c1)c1ccnn1C. The molecule has 0 bridgehead atoms. The molecule has 4 heteroatoms. The maximum absolute atomic E-state index is 6.04. The Hall–Kier alpha value is -1.32. The van der Waals surface area contributed by atoms with E-state index >= 15 is 0 Å². The van der Waals surface area contributed by atoms with Crippen LogP contribution in [-0.4, -0.2) is 16.3 Å². The van der Waals surface area contributed by atoms with E-state index in [-0.39, 0.29) is 6.04 Å². The Morgan fingerprint density at radius 3 is 2.82 bits per heavy atom. The summed E-state index contributed by atoms with van der Waals surface area (Å²) in [5.74, 6) is 0. The molecule has 3 nitrogen and oxygen atoms in total. The van der Waals surface area contributed by atoms with Crippen molar-refractivity contribution in [2.24, 2.45) is 7.05 Å². The molecule has 0 fully saturated rings. The van der Waals surface area contributed by atoms with Crippen LogP contribution in [0.2, 0.25) is 5.02 Å². The van der Waals surface area contributed by atoms with Crippen molar-refractivity contribution >= 4 is 11.6 Å². The number of aromatic nitrogens is 2. The van der Waals surface area contributed by atoms with E-state index in [1.165, 1.54) is 0 Å². The summed E-state index contributed by atoms with van der Waals surface area (Å²) in [7, 11) is 1.95. The first-order chi connectivity index (χ1) is 8.22. The van der Waals surface area contributed by atoms with Crippen molar-refractivity contribution in [2.45, 2.75) is 13.0 Å². The lowest BCUT2D eigenvalue weighted by atomic mass is 10.0. The summed E-state index contributed by atoms with van der Waals surface area (Å²) < 4.78 is 1.88. The van der Waals surface area contributed by atoms with E-state index in [2.05, 4.69) is 23.4 Å². The highest BCUT2D eigenvalue weighted by Gasteiger charge is 2.16. The van der Waals surface area contributed by atoms with Crippen LogP contribution < -0.4 is 5.32 Å². The monoisotopic (exact) mass is 249 g/mol. The van der Waals surface area contributed by atoms with Gasteiger partial charge in [-0.3, -0.25) is 4.68 Å². The van der Waals surface area contributed by atoms with Crippen molar-refractivity contribution in [2.75, 3.05) is 6.54 Å². The molecule has 0 saturated carbocycles. The zero-order valence-electron chi connectivity index (χ0n) is 10.0. The normalized spacial score (nSPS) is 12.6. The highest BCUT2D eigenvalue weighted by Crippen LogP contribution is 2.23. The fourth-order valence-corrected chi connectivity index (χ4v) is 2.15. The topological polar surface area (TPSA) is 29.9 Å². The number of hydrogen-bond acceptors (Lipinski definition) is 2. The average Bonchev–Trinajstić information content (AvgIpc) is 2.72. The summed E-state index contributed by atoms with van der Waals surface area (Å²) in [5.41, 5.74) is 2.29. The molecule has 1 unspecified atom stereocenters. The van der Waals surface area contributed by atoms with Gasteiger partial charge in [0.2, 0.25) is 0 Å². The number of nitrogens with zero attached hydrogens (tertiary/aromatic N) is 2. The zero-order chi connectivity index (χ0) is 12.3. The minimum atomic E-state index is 0.131. The molecular weight excluding hydrogens is 234 g/mol. The lowest BCUT2D eigenvalue weighted by Gasteiger charge is -2.18. The molecule has 2 rings (SSSR count). The minimum Gasteiger partial charge on any atom is -0.305 e. The maximum Gasteiger partial charge on any atom is 0.0748 e. The van der Waals surface area contributed by atoms with Gasteiger partial charge in [-0.1, -0.05) is 30.7 Å². The van der Waals surface area contributed by atoms with Gasteiger partial charge < -0.3 is 5.32 Å². The summed E-state index contributed by atoms with van der Waals surface area (Å²) in [4.78, 5) is 0. The van der Waals surface area contributed by atoms with E-state index < -0.39 is 0 Å². The van der Waals surface area contributed by atoms with Crippen molar-refractivity contribution in [1.29, 1.82) is 0 Å². The van der Waals surface area contributed by atoms with Crippen molar-refractivity contribution in [3.63, 3.8) is 0 Å². The Labute approximate surface area is 106 Å². The van der Waals surface area contributed by atoms with Crippen molar-refractivity contribution in [1.82, 2.24) is 15.1 Å². The van der Waals surface area contributed by atoms with Crippen molar-refractivity contribution in [3.05, 3.63) is 52.8 Å². The molecule has 90 valence electrons. The molecule has 0 aliphatic rings. The minimum absolute atomic E-state index is 0.131. The molecule has 1 atom stereocenters. The van der Waals surface area contributed by atoms with Crippen LogP contribution >= 0.6 is 11.6 Å². The molecule has 0 radical (unpaired) electrons. The van der Waals surface area contributed by atoms with E-state index in [0.29, 0.717) is 0 Å². The summed E-state index contributed by atoms with van der Waals surface area (Å²) in [6, 6.07) is 10.1. The van der Waals surface area contributed by atoms with E-state index in [1.54, 1.807) is 0 Å². The first-order valence-corrected chi connectivity index (χ1v) is 6.07. The fraction of sp³-hybridized carbons (Fsp3) is 0.308. The fourth-order valence-electron chi connectivity index (χ4n) is 1.95. The Balaban J connectivity index is 2.39. The van der Waals surface area contributed by atoms with Crippen molar-refractivity contribution in [3.8, 4) is 0 Å². The molecular formula is C13H16ClN3. The lowest BCUT2D eigenvalue weighted by molar-refractivity contribution is 0.573. The molecule has 0 saturated heterocycles. The Kier molecular flexibility index (Phi) is 3.82. The second kappa shape index (κ2) is 5.34. The molecule has 0 amide bonds. The Bertz CT molecular complexity index is 493. The van der Waals surface area contributed by atoms with Gasteiger partial charge in [-0.15, -0.1) is 0 Å². The van der Waals surface area contributed by atoms with E-state index in [0.717, 1.165) is 22.8 Å². The molecule has 1 aromatic carbocycles. The molecule has 1 N–H and O–H groups in total. The van der Waals surface area contributed by atoms with Crippen LogP contribution in [0.3, 0.4) is 0 Å². The van der Waals surface area contributed by atoms with Crippen LogP contribution in [-0.2, 0) is 7.05 Å². The summed E-state index contributed by atoms with van der Waals surface area (Å²) in [6.07, 6.45) is 1.81. The number of aryl methyl sites for hydroxylation is 1. The van der Waals surface area contributed by atoms with Gasteiger partial charge in [0.1, 0.15) is 0 Å². The number of hydrogen-bond donors (Lipinski definition) is 1. The largest absolute Gasteiger partial charge is 0.305 e. The number of rotatable bonds is 4. The molecule has 2 aromatic rings. The van der Waals surface area contributed by atoms with Crippen LogP contribution in [0.1, 0.15) is 24.2 Å². The van der Waals surface area contributed by atoms with Crippen LogP contribution in [0.4, 0.5) is 0 Å². The third kappa shape index (κ3) is 2.68. The predicted octanol–water partition coefficient (Wildman–Crippen LogP) is 2.77. The maximum atomic E-state index is 6.04. The van der Waals surface area contributed by atoms with Gasteiger partial charge in [-0.2, -0.15) is 5.10 Å². The van der Waals surface area contributed by atoms with E-state index in [4.69, 9.17) is 11.6 Å². The van der Waals surface area contributed by atoms with Crippen LogP contribution in [0.5, 0.6) is 0 Å². The third-order valence-electron chi connectivity index (χ3n) is 2.74. The molecule has 0 aliphatic carbocycles. The lowest BCUT2D eigenvalue weighted by Crippen LogP contribution is -2.24. The Morgan fingerprint density at radius 1 is 1.41 bits per heavy atom. The van der Waals surface area contributed by atoms with E-state index in [9.17, 15) is 0 Å². The van der Waals surface area contributed by atoms with Crippen molar-refractivity contribution < 1.29 is 0 Å². The quantitative estimate of drug-likeness (QED) is 0.903.